The van der Waals surface area contributed by atoms with Crippen molar-refractivity contribution in [1.29, 1.82) is 0 Å². The van der Waals surface area contributed by atoms with Gasteiger partial charge in [0.2, 0.25) is 5.91 Å². The van der Waals surface area contributed by atoms with E-state index in [1.807, 2.05) is 40.8 Å². The van der Waals surface area contributed by atoms with Gasteiger partial charge in [0.1, 0.15) is 0 Å². The summed E-state index contributed by atoms with van der Waals surface area (Å²) in [6.45, 7) is 7.56. The molecule has 0 aromatic carbocycles. The van der Waals surface area contributed by atoms with Crippen LogP contribution < -0.4 is 5.32 Å². The summed E-state index contributed by atoms with van der Waals surface area (Å²) < 4.78 is 1.73. The molecule has 1 aromatic heterocycles. The monoisotopic (exact) mass is 195 g/mol. The number of hydrogen-bond donors (Lipinski definition) is 1. The average molecular weight is 195 g/mol. The highest BCUT2D eigenvalue weighted by Crippen LogP contribution is 2.16. The lowest BCUT2D eigenvalue weighted by Gasteiger charge is -2.16. The van der Waals surface area contributed by atoms with Crippen LogP contribution in [0, 0.1) is 12.3 Å². The van der Waals surface area contributed by atoms with Gasteiger partial charge in [0.25, 0.3) is 0 Å². The zero-order valence-corrected chi connectivity index (χ0v) is 9.38. The van der Waals surface area contributed by atoms with Crippen molar-refractivity contribution in [3.8, 4) is 0 Å². The SMILES string of the molecule is Cc1cc(NC(=O)C(C)(C)C)nn1C. The Balaban J connectivity index is 2.75. The largest absolute Gasteiger partial charge is 0.309 e. The number of carbonyl (C=O) groups is 1. The van der Waals surface area contributed by atoms with Crippen LogP contribution in [0.3, 0.4) is 0 Å². The second-order valence-corrected chi connectivity index (χ2v) is 4.50. The van der Waals surface area contributed by atoms with E-state index < -0.39 is 0 Å². The van der Waals surface area contributed by atoms with E-state index in [0.717, 1.165) is 5.69 Å². The lowest BCUT2D eigenvalue weighted by atomic mass is 9.96. The van der Waals surface area contributed by atoms with Crippen molar-refractivity contribution in [3.05, 3.63) is 11.8 Å². The van der Waals surface area contributed by atoms with Crippen molar-refractivity contribution in [2.75, 3.05) is 5.32 Å². The van der Waals surface area contributed by atoms with Crippen LogP contribution in [0.25, 0.3) is 0 Å². The fourth-order valence-electron chi connectivity index (χ4n) is 0.926. The van der Waals surface area contributed by atoms with Gasteiger partial charge in [-0.3, -0.25) is 9.48 Å². The lowest BCUT2D eigenvalue weighted by molar-refractivity contribution is -0.123. The number of aromatic nitrogens is 2. The second kappa shape index (κ2) is 3.44. The summed E-state index contributed by atoms with van der Waals surface area (Å²) >= 11 is 0. The fraction of sp³-hybridized carbons (Fsp3) is 0.600. The summed E-state index contributed by atoms with van der Waals surface area (Å²) in [5.74, 6) is 0.598. The first-order valence-corrected chi connectivity index (χ1v) is 4.63. The van der Waals surface area contributed by atoms with Crippen LogP contribution in [-0.2, 0) is 11.8 Å². The molecule has 0 radical (unpaired) electrons. The van der Waals surface area contributed by atoms with Crippen molar-refractivity contribution >= 4 is 11.7 Å². The highest BCUT2D eigenvalue weighted by atomic mass is 16.2. The fourth-order valence-corrected chi connectivity index (χ4v) is 0.926. The molecule has 0 fully saturated rings. The molecule has 1 N–H and O–H groups in total. The van der Waals surface area contributed by atoms with Gasteiger partial charge in [0, 0.05) is 24.2 Å². The van der Waals surface area contributed by atoms with Crippen molar-refractivity contribution in [2.24, 2.45) is 12.5 Å². The third kappa shape index (κ3) is 2.34. The molecule has 78 valence electrons. The van der Waals surface area contributed by atoms with Gasteiger partial charge in [-0.2, -0.15) is 5.10 Å². The van der Waals surface area contributed by atoms with E-state index in [-0.39, 0.29) is 11.3 Å². The van der Waals surface area contributed by atoms with E-state index in [2.05, 4.69) is 10.4 Å². The van der Waals surface area contributed by atoms with Crippen LogP contribution in [0.4, 0.5) is 5.82 Å². The first-order valence-electron chi connectivity index (χ1n) is 4.63. The number of hydrogen-bond acceptors (Lipinski definition) is 2. The number of anilines is 1. The molecule has 1 heterocycles. The predicted molar refractivity (Wildman–Crippen MR) is 56.0 cm³/mol. The molecule has 0 spiro atoms. The third-order valence-electron chi connectivity index (χ3n) is 2.04. The molecule has 1 amide bonds. The molecule has 0 saturated heterocycles. The molecular formula is C10H17N3O. The van der Waals surface area contributed by atoms with Gasteiger partial charge in [-0.1, -0.05) is 20.8 Å². The summed E-state index contributed by atoms with van der Waals surface area (Å²) in [6, 6.07) is 1.85. The molecule has 0 unspecified atom stereocenters. The maximum absolute atomic E-state index is 11.6. The predicted octanol–water partition coefficient (Wildman–Crippen LogP) is 1.71. The highest BCUT2D eigenvalue weighted by Gasteiger charge is 2.21. The van der Waals surface area contributed by atoms with E-state index in [4.69, 9.17) is 0 Å². The highest BCUT2D eigenvalue weighted by molar-refractivity contribution is 5.93. The Morgan fingerprint density at radius 3 is 2.43 bits per heavy atom. The molecule has 0 saturated carbocycles. The summed E-state index contributed by atoms with van der Waals surface area (Å²) in [7, 11) is 1.85. The molecular weight excluding hydrogens is 178 g/mol. The minimum absolute atomic E-state index is 0.0180. The minimum Gasteiger partial charge on any atom is -0.309 e. The lowest BCUT2D eigenvalue weighted by Crippen LogP contribution is -2.27. The van der Waals surface area contributed by atoms with E-state index in [1.54, 1.807) is 4.68 Å². The summed E-state index contributed by atoms with van der Waals surface area (Å²) in [5, 5.41) is 6.92. The molecule has 4 nitrogen and oxygen atoms in total. The Bertz CT molecular complexity index is 327. The summed E-state index contributed by atoms with van der Waals surface area (Å²) in [6.07, 6.45) is 0. The van der Waals surface area contributed by atoms with Crippen LogP contribution in [0.5, 0.6) is 0 Å². The van der Waals surface area contributed by atoms with Crippen molar-refractivity contribution in [2.45, 2.75) is 27.7 Å². The maximum Gasteiger partial charge on any atom is 0.230 e. The Morgan fingerprint density at radius 1 is 1.50 bits per heavy atom. The van der Waals surface area contributed by atoms with Crippen LogP contribution in [0.2, 0.25) is 0 Å². The number of aryl methyl sites for hydroxylation is 2. The van der Waals surface area contributed by atoms with Crippen LogP contribution >= 0.6 is 0 Å². The summed E-state index contributed by atoms with van der Waals surface area (Å²) in [4.78, 5) is 11.6. The molecule has 0 aliphatic rings. The first-order chi connectivity index (χ1) is 6.30. The Kier molecular flexibility index (Phi) is 2.64. The quantitative estimate of drug-likeness (QED) is 0.741. The molecule has 4 heteroatoms. The summed E-state index contributed by atoms with van der Waals surface area (Å²) in [5.41, 5.74) is 0.639. The van der Waals surface area contributed by atoms with Gasteiger partial charge in [-0.25, -0.2) is 0 Å². The van der Waals surface area contributed by atoms with Crippen LogP contribution in [0.15, 0.2) is 6.07 Å². The van der Waals surface area contributed by atoms with Gasteiger partial charge < -0.3 is 5.32 Å². The zero-order valence-electron chi connectivity index (χ0n) is 9.38. The van der Waals surface area contributed by atoms with Crippen LogP contribution in [0.1, 0.15) is 26.5 Å². The van der Waals surface area contributed by atoms with Crippen molar-refractivity contribution in [1.82, 2.24) is 9.78 Å². The number of carbonyl (C=O) groups excluding carboxylic acids is 1. The van der Waals surface area contributed by atoms with E-state index >= 15 is 0 Å². The molecule has 1 rings (SSSR count). The maximum atomic E-state index is 11.6. The standard InChI is InChI=1S/C10H17N3O/c1-7-6-8(12-13(7)5)11-9(14)10(2,3)4/h6H,1-5H3,(H,11,12,14). The molecule has 14 heavy (non-hydrogen) atoms. The van der Waals surface area contributed by atoms with Gasteiger partial charge in [-0.15, -0.1) is 0 Å². The topological polar surface area (TPSA) is 46.9 Å². The van der Waals surface area contributed by atoms with Gasteiger partial charge in [0.05, 0.1) is 0 Å². The minimum atomic E-state index is -0.384. The van der Waals surface area contributed by atoms with E-state index in [9.17, 15) is 4.79 Å². The molecule has 0 aliphatic heterocycles. The first kappa shape index (κ1) is 10.8. The zero-order chi connectivity index (χ0) is 10.9. The molecule has 0 atom stereocenters. The normalized spacial score (nSPS) is 11.5. The average Bonchev–Trinajstić information content (AvgIpc) is 2.29. The van der Waals surface area contributed by atoms with Gasteiger partial charge >= 0.3 is 0 Å². The Morgan fingerprint density at radius 2 is 2.07 bits per heavy atom. The number of nitrogens with zero attached hydrogens (tertiary/aromatic N) is 2. The second-order valence-electron chi connectivity index (χ2n) is 4.50. The smallest absolute Gasteiger partial charge is 0.230 e. The molecule has 0 bridgehead atoms. The van der Waals surface area contributed by atoms with Crippen LogP contribution in [-0.4, -0.2) is 15.7 Å². The Hall–Kier alpha value is -1.32. The third-order valence-corrected chi connectivity index (χ3v) is 2.04. The number of nitrogens with one attached hydrogen (secondary N) is 1. The Labute approximate surface area is 84.3 Å². The number of rotatable bonds is 1. The van der Waals surface area contributed by atoms with Crippen molar-refractivity contribution < 1.29 is 4.79 Å². The van der Waals surface area contributed by atoms with Gasteiger partial charge in [0.15, 0.2) is 5.82 Å². The number of amides is 1. The molecule has 0 aliphatic carbocycles. The molecule has 1 aromatic rings. The van der Waals surface area contributed by atoms with Crippen molar-refractivity contribution in [3.63, 3.8) is 0 Å². The van der Waals surface area contributed by atoms with E-state index in [0.29, 0.717) is 5.82 Å². The van der Waals surface area contributed by atoms with Gasteiger partial charge in [-0.05, 0) is 6.92 Å². The van der Waals surface area contributed by atoms with E-state index in [1.165, 1.54) is 0 Å².